The Morgan fingerprint density at radius 3 is 2.93 bits per heavy atom. The van der Waals surface area contributed by atoms with Crippen LogP contribution in [0.25, 0.3) is 0 Å². The SMILES string of the molecule is NC(=NC[C@H]1CCCO1)N1CCSCC1. The standard InChI is InChI=1S/C10H19N3OS/c11-10(13-3-6-15-7-4-13)12-8-9-2-1-5-14-9/h9H,1-8H2,(H2,11,12)/t9-/m1/s1. The second-order valence-corrected chi connectivity index (χ2v) is 5.16. The normalized spacial score (nSPS) is 28.4. The minimum atomic E-state index is 0.308. The quantitative estimate of drug-likeness (QED) is 0.554. The molecule has 4 nitrogen and oxygen atoms in total. The molecule has 5 heteroatoms. The Balaban J connectivity index is 1.77. The van der Waals surface area contributed by atoms with Gasteiger partial charge in [-0.3, -0.25) is 4.99 Å². The number of hydrogen-bond donors (Lipinski definition) is 1. The van der Waals surface area contributed by atoms with Crippen LogP contribution in [0, 0.1) is 0 Å². The predicted octanol–water partition coefficient (Wildman–Crippen LogP) is 0.529. The van der Waals surface area contributed by atoms with Crippen LogP contribution in [0.2, 0.25) is 0 Å². The fourth-order valence-electron chi connectivity index (χ4n) is 1.88. The fraction of sp³-hybridized carbons (Fsp3) is 0.900. The van der Waals surface area contributed by atoms with Gasteiger partial charge in [-0.2, -0.15) is 11.8 Å². The summed E-state index contributed by atoms with van der Waals surface area (Å²) in [6, 6.07) is 0. The van der Waals surface area contributed by atoms with Gasteiger partial charge in [0.05, 0.1) is 12.6 Å². The molecule has 15 heavy (non-hydrogen) atoms. The predicted molar refractivity (Wildman–Crippen MR) is 64.4 cm³/mol. The van der Waals surface area contributed by atoms with Crippen LogP contribution in [-0.2, 0) is 4.74 Å². The van der Waals surface area contributed by atoms with Crippen molar-refractivity contribution in [3.63, 3.8) is 0 Å². The topological polar surface area (TPSA) is 50.9 Å². The van der Waals surface area contributed by atoms with E-state index in [0.717, 1.165) is 44.2 Å². The molecule has 0 aromatic rings. The first-order valence-corrected chi connectivity index (χ1v) is 6.76. The maximum absolute atomic E-state index is 5.94. The molecule has 0 aliphatic carbocycles. The molecular weight excluding hydrogens is 210 g/mol. The summed E-state index contributed by atoms with van der Waals surface area (Å²) in [6.45, 7) is 3.69. The molecule has 2 saturated heterocycles. The van der Waals surface area contributed by atoms with Gasteiger partial charge in [-0.05, 0) is 12.8 Å². The molecule has 2 rings (SSSR count). The zero-order valence-corrected chi connectivity index (χ0v) is 9.84. The van der Waals surface area contributed by atoms with E-state index in [4.69, 9.17) is 10.5 Å². The molecule has 2 heterocycles. The highest BCUT2D eigenvalue weighted by molar-refractivity contribution is 7.99. The Kier molecular flexibility index (Phi) is 4.14. The van der Waals surface area contributed by atoms with Gasteiger partial charge >= 0.3 is 0 Å². The molecule has 2 N–H and O–H groups in total. The zero-order chi connectivity index (χ0) is 10.5. The van der Waals surface area contributed by atoms with Crippen molar-refractivity contribution in [1.82, 2.24) is 4.90 Å². The van der Waals surface area contributed by atoms with Crippen LogP contribution in [0.3, 0.4) is 0 Å². The smallest absolute Gasteiger partial charge is 0.191 e. The summed E-state index contributed by atoms with van der Waals surface area (Å²) < 4.78 is 5.51. The van der Waals surface area contributed by atoms with E-state index in [2.05, 4.69) is 9.89 Å². The molecule has 2 aliphatic rings. The third-order valence-electron chi connectivity index (χ3n) is 2.82. The molecule has 0 aromatic heterocycles. The van der Waals surface area contributed by atoms with E-state index in [1.165, 1.54) is 6.42 Å². The molecule has 1 atom stereocenters. The molecule has 0 radical (unpaired) electrons. The van der Waals surface area contributed by atoms with E-state index in [9.17, 15) is 0 Å². The Labute approximate surface area is 95.2 Å². The Hall–Kier alpha value is -0.420. The van der Waals surface area contributed by atoms with E-state index in [-0.39, 0.29) is 0 Å². The van der Waals surface area contributed by atoms with Gasteiger partial charge in [-0.15, -0.1) is 0 Å². The lowest BCUT2D eigenvalue weighted by atomic mass is 10.2. The fourth-order valence-corrected chi connectivity index (χ4v) is 2.78. The van der Waals surface area contributed by atoms with Gasteiger partial charge in [0.15, 0.2) is 5.96 Å². The van der Waals surface area contributed by atoms with E-state index < -0.39 is 0 Å². The molecule has 0 unspecified atom stereocenters. The summed E-state index contributed by atoms with van der Waals surface area (Å²) in [5.41, 5.74) is 5.94. The average Bonchev–Trinajstić information content (AvgIpc) is 2.80. The largest absolute Gasteiger partial charge is 0.376 e. The zero-order valence-electron chi connectivity index (χ0n) is 9.02. The van der Waals surface area contributed by atoms with Crippen molar-refractivity contribution in [2.75, 3.05) is 37.7 Å². The number of rotatable bonds is 2. The van der Waals surface area contributed by atoms with Crippen molar-refractivity contribution in [2.24, 2.45) is 10.7 Å². The first-order chi connectivity index (χ1) is 7.36. The number of guanidine groups is 1. The molecule has 0 aromatic carbocycles. The van der Waals surface area contributed by atoms with Crippen LogP contribution in [0.4, 0.5) is 0 Å². The molecule has 2 fully saturated rings. The van der Waals surface area contributed by atoms with Crippen molar-refractivity contribution in [1.29, 1.82) is 0 Å². The first kappa shape index (κ1) is 11.1. The minimum Gasteiger partial charge on any atom is -0.376 e. The number of ether oxygens (including phenoxy) is 1. The van der Waals surface area contributed by atoms with Gasteiger partial charge in [0.1, 0.15) is 0 Å². The monoisotopic (exact) mass is 229 g/mol. The highest BCUT2D eigenvalue weighted by atomic mass is 32.2. The van der Waals surface area contributed by atoms with Crippen molar-refractivity contribution in [3.8, 4) is 0 Å². The number of aliphatic imine (C=N–C) groups is 1. The maximum Gasteiger partial charge on any atom is 0.191 e. The molecule has 2 aliphatic heterocycles. The van der Waals surface area contributed by atoms with E-state index >= 15 is 0 Å². The van der Waals surface area contributed by atoms with Crippen molar-refractivity contribution in [3.05, 3.63) is 0 Å². The van der Waals surface area contributed by atoms with Gasteiger partial charge in [0.2, 0.25) is 0 Å². The second-order valence-electron chi connectivity index (χ2n) is 3.93. The maximum atomic E-state index is 5.94. The molecule has 0 spiro atoms. The van der Waals surface area contributed by atoms with Crippen LogP contribution >= 0.6 is 11.8 Å². The number of thioether (sulfide) groups is 1. The number of nitrogens with zero attached hydrogens (tertiary/aromatic N) is 2. The summed E-state index contributed by atoms with van der Waals surface area (Å²) in [6.07, 6.45) is 2.61. The van der Waals surface area contributed by atoms with E-state index in [0.29, 0.717) is 12.1 Å². The molecule has 0 bridgehead atoms. The van der Waals surface area contributed by atoms with Crippen LogP contribution in [0.5, 0.6) is 0 Å². The van der Waals surface area contributed by atoms with Gasteiger partial charge < -0.3 is 15.4 Å². The Bertz CT molecular complexity index is 223. The van der Waals surface area contributed by atoms with Crippen molar-refractivity contribution >= 4 is 17.7 Å². The molecular formula is C10H19N3OS. The molecule has 0 saturated carbocycles. The Morgan fingerprint density at radius 2 is 2.27 bits per heavy atom. The summed E-state index contributed by atoms with van der Waals surface area (Å²) in [4.78, 5) is 6.59. The number of hydrogen-bond acceptors (Lipinski definition) is 3. The van der Waals surface area contributed by atoms with Gasteiger partial charge in [-0.25, -0.2) is 0 Å². The van der Waals surface area contributed by atoms with E-state index in [1.54, 1.807) is 0 Å². The van der Waals surface area contributed by atoms with Crippen molar-refractivity contribution < 1.29 is 4.74 Å². The lowest BCUT2D eigenvalue weighted by Gasteiger charge is -2.27. The molecule has 86 valence electrons. The highest BCUT2D eigenvalue weighted by Crippen LogP contribution is 2.12. The van der Waals surface area contributed by atoms with Gasteiger partial charge in [-0.1, -0.05) is 0 Å². The third kappa shape index (κ3) is 3.28. The van der Waals surface area contributed by atoms with E-state index in [1.807, 2.05) is 11.8 Å². The van der Waals surface area contributed by atoms with Crippen LogP contribution in [0.1, 0.15) is 12.8 Å². The average molecular weight is 229 g/mol. The van der Waals surface area contributed by atoms with Gasteiger partial charge in [0, 0.05) is 31.2 Å². The molecule has 0 amide bonds. The lowest BCUT2D eigenvalue weighted by molar-refractivity contribution is 0.117. The minimum absolute atomic E-state index is 0.308. The lowest BCUT2D eigenvalue weighted by Crippen LogP contribution is -2.43. The number of nitrogens with two attached hydrogens (primary N) is 1. The summed E-state index contributed by atoms with van der Waals surface area (Å²) >= 11 is 1.98. The van der Waals surface area contributed by atoms with Crippen LogP contribution in [-0.4, -0.2) is 54.7 Å². The van der Waals surface area contributed by atoms with Crippen molar-refractivity contribution in [2.45, 2.75) is 18.9 Å². The Morgan fingerprint density at radius 1 is 1.47 bits per heavy atom. The summed E-state index contributed by atoms with van der Waals surface area (Å²) in [5.74, 6) is 3.03. The van der Waals surface area contributed by atoms with Gasteiger partial charge in [0.25, 0.3) is 0 Å². The van der Waals surface area contributed by atoms with Crippen LogP contribution < -0.4 is 5.73 Å². The third-order valence-corrected chi connectivity index (χ3v) is 3.76. The second kappa shape index (κ2) is 5.61. The summed E-state index contributed by atoms with van der Waals surface area (Å²) in [7, 11) is 0. The first-order valence-electron chi connectivity index (χ1n) is 5.60. The highest BCUT2D eigenvalue weighted by Gasteiger charge is 2.16. The van der Waals surface area contributed by atoms with Crippen LogP contribution in [0.15, 0.2) is 4.99 Å². The summed E-state index contributed by atoms with van der Waals surface area (Å²) in [5, 5.41) is 0.